The van der Waals surface area contributed by atoms with Gasteiger partial charge in [0.25, 0.3) is 10.0 Å². The van der Waals surface area contributed by atoms with Gasteiger partial charge in [-0.1, -0.05) is 17.7 Å². The van der Waals surface area contributed by atoms with E-state index in [1.165, 1.54) is 29.0 Å². The number of hydrogen-bond donors (Lipinski definition) is 0. The van der Waals surface area contributed by atoms with Crippen LogP contribution in [-0.4, -0.2) is 29.5 Å². The molecule has 0 fully saturated rings. The van der Waals surface area contributed by atoms with E-state index in [-0.39, 0.29) is 10.6 Å². The number of carbonyl (C=O) groups excluding carboxylic acids is 2. The molecule has 3 aromatic rings. The summed E-state index contributed by atoms with van der Waals surface area (Å²) >= 11 is 0. The fraction of sp³-hybridized carbons (Fsp3) is 0.0588. The lowest BCUT2D eigenvalue weighted by molar-refractivity contribution is 0.110. The molecule has 7 heteroatoms. The summed E-state index contributed by atoms with van der Waals surface area (Å²) < 4.78 is 28.0. The second-order valence-electron chi connectivity index (χ2n) is 5.24. The number of hydrogen-bond acceptors (Lipinski definition) is 4. The minimum Gasteiger partial charge on any atom is -0.312 e. The molecule has 0 saturated heterocycles. The van der Waals surface area contributed by atoms with Gasteiger partial charge in [-0.15, -0.1) is 0 Å². The van der Waals surface area contributed by atoms with Gasteiger partial charge in [-0.25, -0.2) is 12.4 Å². The van der Waals surface area contributed by atoms with Crippen molar-refractivity contribution in [3.05, 3.63) is 71.8 Å². The van der Waals surface area contributed by atoms with Crippen LogP contribution in [0.3, 0.4) is 0 Å². The Morgan fingerprint density at radius 2 is 1.62 bits per heavy atom. The lowest BCUT2D eigenvalue weighted by atomic mass is 10.2. The summed E-state index contributed by atoms with van der Waals surface area (Å²) in [5, 5.41) is 0. The SMILES string of the molecule is Cc1ccc(S(=O)(=O)n2ccc(-n3cccc3C=O)c2C=O)cc1. The van der Waals surface area contributed by atoms with Gasteiger partial charge in [0.15, 0.2) is 12.6 Å². The largest absolute Gasteiger partial charge is 0.312 e. The van der Waals surface area contributed by atoms with Gasteiger partial charge in [0.05, 0.1) is 16.3 Å². The van der Waals surface area contributed by atoms with E-state index in [1.54, 1.807) is 30.5 Å². The van der Waals surface area contributed by atoms with Gasteiger partial charge >= 0.3 is 0 Å². The van der Waals surface area contributed by atoms with E-state index in [0.717, 1.165) is 9.54 Å². The zero-order valence-electron chi connectivity index (χ0n) is 12.8. The molecule has 0 saturated carbocycles. The molecule has 0 aliphatic carbocycles. The van der Waals surface area contributed by atoms with Crippen LogP contribution < -0.4 is 0 Å². The number of rotatable bonds is 5. The molecule has 0 atom stereocenters. The molecule has 0 bridgehead atoms. The molecular weight excluding hydrogens is 328 g/mol. The summed E-state index contributed by atoms with van der Waals surface area (Å²) in [4.78, 5) is 22.7. The lowest BCUT2D eigenvalue weighted by Crippen LogP contribution is -2.15. The van der Waals surface area contributed by atoms with Gasteiger partial charge in [-0.05, 0) is 37.3 Å². The van der Waals surface area contributed by atoms with Crippen molar-refractivity contribution in [2.45, 2.75) is 11.8 Å². The first-order valence-electron chi connectivity index (χ1n) is 7.10. The van der Waals surface area contributed by atoms with E-state index < -0.39 is 10.0 Å². The van der Waals surface area contributed by atoms with Crippen LogP contribution in [0, 0.1) is 6.92 Å². The number of aldehydes is 2. The van der Waals surface area contributed by atoms with Crippen molar-refractivity contribution in [1.82, 2.24) is 8.54 Å². The monoisotopic (exact) mass is 342 g/mol. The highest BCUT2D eigenvalue weighted by molar-refractivity contribution is 7.90. The smallest absolute Gasteiger partial charge is 0.268 e. The summed E-state index contributed by atoms with van der Waals surface area (Å²) in [6, 6.07) is 11.1. The minimum atomic E-state index is -3.90. The lowest BCUT2D eigenvalue weighted by Gasteiger charge is -2.10. The highest BCUT2D eigenvalue weighted by Gasteiger charge is 2.23. The van der Waals surface area contributed by atoms with E-state index in [0.29, 0.717) is 24.0 Å². The molecule has 1 aromatic carbocycles. The number of aryl methyl sites for hydroxylation is 1. The Kier molecular flexibility index (Phi) is 3.94. The van der Waals surface area contributed by atoms with Gasteiger partial charge in [0, 0.05) is 12.4 Å². The summed E-state index contributed by atoms with van der Waals surface area (Å²) in [7, 11) is -3.90. The zero-order valence-corrected chi connectivity index (χ0v) is 13.6. The Balaban J connectivity index is 2.18. The van der Waals surface area contributed by atoms with E-state index in [9.17, 15) is 18.0 Å². The third-order valence-electron chi connectivity index (χ3n) is 3.72. The average molecular weight is 342 g/mol. The summed E-state index contributed by atoms with van der Waals surface area (Å²) in [6.07, 6.45) is 4.01. The molecule has 2 heterocycles. The summed E-state index contributed by atoms with van der Waals surface area (Å²) in [6.45, 7) is 1.86. The molecule has 0 N–H and O–H groups in total. The second kappa shape index (κ2) is 5.93. The van der Waals surface area contributed by atoms with Gasteiger partial charge in [0.2, 0.25) is 0 Å². The third-order valence-corrected chi connectivity index (χ3v) is 5.42. The van der Waals surface area contributed by atoms with Crippen molar-refractivity contribution < 1.29 is 18.0 Å². The van der Waals surface area contributed by atoms with Gasteiger partial charge in [-0.3, -0.25) is 9.59 Å². The third kappa shape index (κ3) is 2.48. The summed E-state index contributed by atoms with van der Waals surface area (Å²) in [5.41, 5.74) is 1.53. The minimum absolute atomic E-state index is 0.0464. The van der Waals surface area contributed by atoms with Crippen molar-refractivity contribution >= 4 is 22.6 Å². The van der Waals surface area contributed by atoms with Crippen LogP contribution in [0.15, 0.2) is 59.8 Å². The fourth-order valence-corrected chi connectivity index (χ4v) is 3.80. The fourth-order valence-electron chi connectivity index (χ4n) is 2.48. The van der Waals surface area contributed by atoms with E-state index in [4.69, 9.17) is 0 Å². The first-order valence-corrected chi connectivity index (χ1v) is 8.54. The van der Waals surface area contributed by atoms with Crippen molar-refractivity contribution in [2.75, 3.05) is 0 Å². The highest BCUT2D eigenvalue weighted by atomic mass is 32.2. The number of benzene rings is 1. The number of carbonyl (C=O) groups is 2. The predicted molar refractivity (Wildman–Crippen MR) is 88.3 cm³/mol. The van der Waals surface area contributed by atoms with Gasteiger partial charge in [0.1, 0.15) is 5.69 Å². The molecule has 0 radical (unpaired) electrons. The van der Waals surface area contributed by atoms with E-state index in [1.807, 2.05) is 6.92 Å². The molecule has 0 amide bonds. The first-order chi connectivity index (χ1) is 11.5. The van der Waals surface area contributed by atoms with Crippen LogP contribution >= 0.6 is 0 Å². The Hall–Kier alpha value is -2.93. The Morgan fingerprint density at radius 1 is 0.917 bits per heavy atom. The molecule has 3 rings (SSSR count). The Labute approximate surface area is 139 Å². The molecule has 122 valence electrons. The molecule has 0 aliphatic rings. The highest BCUT2D eigenvalue weighted by Crippen LogP contribution is 2.22. The normalized spacial score (nSPS) is 11.4. The number of nitrogens with zero attached hydrogens (tertiary/aromatic N) is 2. The topological polar surface area (TPSA) is 78.1 Å². The maximum atomic E-state index is 12.8. The number of aromatic nitrogens is 2. The Bertz CT molecular complexity index is 1010. The van der Waals surface area contributed by atoms with Crippen molar-refractivity contribution in [3.8, 4) is 5.69 Å². The van der Waals surface area contributed by atoms with Crippen molar-refractivity contribution in [2.24, 2.45) is 0 Å². The predicted octanol–water partition coefficient (Wildman–Crippen LogP) is 2.45. The molecule has 0 unspecified atom stereocenters. The van der Waals surface area contributed by atoms with Crippen LogP contribution in [0.2, 0.25) is 0 Å². The maximum absolute atomic E-state index is 12.8. The van der Waals surface area contributed by atoms with Gasteiger partial charge < -0.3 is 4.57 Å². The molecule has 0 aliphatic heterocycles. The molecule has 6 nitrogen and oxygen atoms in total. The Morgan fingerprint density at radius 3 is 2.25 bits per heavy atom. The standard InChI is InChI=1S/C17H14N2O4S/c1-13-4-6-15(7-5-13)24(22,23)19-10-8-16(17(19)12-21)18-9-2-3-14(18)11-20/h2-12H,1H3. The molecule has 2 aromatic heterocycles. The second-order valence-corrected chi connectivity index (χ2v) is 7.05. The van der Waals surface area contributed by atoms with E-state index in [2.05, 4.69) is 0 Å². The van der Waals surface area contributed by atoms with E-state index >= 15 is 0 Å². The summed E-state index contributed by atoms with van der Waals surface area (Å²) in [5.74, 6) is 0. The van der Waals surface area contributed by atoms with Crippen LogP contribution in [0.25, 0.3) is 5.69 Å². The van der Waals surface area contributed by atoms with Crippen molar-refractivity contribution in [3.63, 3.8) is 0 Å². The van der Waals surface area contributed by atoms with Crippen LogP contribution in [-0.2, 0) is 10.0 Å². The van der Waals surface area contributed by atoms with Gasteiger partial charge in [-0.2, -0.15) is 0 Å². The first kappa shape index (κ1) is 15.9. The molecular formula is C17H14N2O4S. The van der Waals surface area contributed by atoms with Crippen LogP contribution in [0.5, 0.6) is 0 Å². The zero-order chi connectivity index (χ0) is 17.3. The quantitative estimate of drug-likeness (QED) is 0.667. The van der Waals surface area contributed by atoms with Crippen molar-refractivity contribution in [1.29, 1.82) is 0 Å². The van der Waals surface area contributed by atoms with Crippen LogP contribution in [0.4, 0.5) is 0 Å². The molecule has 24 heavy (non-hydrogen) atoms. The average Bonchev–Trinajstić information content (AvgIpc) is 3.21. The molecule has 0 spiro atoms. The van der Waals surface area contributed by atoms with Crippen LogP contribution in [0.1, 0.15) is 26.5 Å². The maximum Gasteiger partial charge on any atom is 0.268 e.